The predicted molar refractivity (Wildman–Crippen MR) is 116 cm³/mol. The molecule has 0 aliphatic heterocycles. The predicted octanol–water partition coefficient (Wildman–Crippen LogP) is 4.27. The minimum Gasteiger partial charge on any atom is -0.469 e. The normalized spacial score (nSPS) is 17.2. The molecule has 0 saturated carbocycles. The zero-order valence-electron chi connectivity index (χ0n) is 18.1. The molecule has 0 radical (unpaired) electrons. The lowest BCUT2D eigenvalue weighted by Gasteiger charge is -2.22. The summed E-state index contributed by atoms with van der Waals surface area (Å²) in [4.78, 5) is 12.7. The number of aliphatic hydroxyl groups is 1. The molecule has 0 aromatic heterocycles. The van der Waals surface area contributed by atoms with E-state index in [9.17, 15) is 9.90 Å². The summed E-state index contributed by atoms with van der Waals surface area (Å²) in [5.74, 6) is -0.495. The van der Waals surface area contributed by atoms with Crippen LogP contribution in [0.5, 0.6) is 0 Å². The number of aliphatic hydroxyl groups excluding tert-OH is 1. The van der Waals surface area contributed by atoms with Gasteiger partial charge < -0.3 is 14.6 Å². The maximum Gasteiger partial charge on any atom is 0.309 e. The molecule has 2 aromatic carbocycles. The molecule has 4 nitrogen and oxygen atoms in total. The summed E-state index contributed by atoms with van der Waals surface area (Å²) in [5, 5.41) is 10.4. The number of carbonyl (C=O) groups is 1. The second-order valence-corrected chi connectivity index (χ2v) is 8.70. The Balaban J connectivity index is 1.62. The van der Waals surface area contributed by atoms with Gasteiger partial charge in [-0.2, -0.15) is 0 Å². The lowest BCUT2D eigenvalue weighted by atomic mass is 9.86. The van der Waals surface area contributed by atoms with Crippen LogP contribution in [0.25, 0.3) is 0 Å². The van der Waals surface area contributed by atoms with Gasteiger partial charge in [-0.1, -0.05) is 30.3 Å². The quantitative estimate of drug-likeness (QED) is 0.549. The first-order valence-electron chi connectivity index (χ1n) is 11.1. The van der Waals surface area contributed by atoms with E-state index in [0.717, 1.165) is 43.2 Å². The monoisotopic (exact) mass is 408 g/mol. The molecule has 2 atom stereocenters. The summed E-state index contributed by atoms with van der Waals surface area (Å²) in [6.45, 7) is 0. The fraction of sp³-hybridized carbons (Fsp3) is 0.500. The second kappa shape index (κ2) is 9.32. The van der Waals surface area contributed by atoms with Gasteiger partial charge in [-0.25, -0.2) is 0 Å². The van der Waals surface area contributed by atoms with Crippen molar-refractivity contribution >= 4 is 5.97 Å². The Morgan fingerprint density at radius 1 is 0.900 bits per heavy atom. The number of benzene rings is 2. The SMILES string of the molecule is COC(=O)[C@H](Cc1ccc2c(c1)CCCC2)Cc1cc2c(cc1[C@H](O)OC)CCC2. The topological polar surface area (TPSA) is 55.8 Å². The number of aryl methyl sites for hydroxylation is 4. The number of rotatable bonds is 7. The van der Waals surface area contributed by atoms with Crippen molar-refractivity contribution in [1.82, 2.24) is 0 Å². The van der Waals surface area contributed by atoms with Gasteiger partial charge in [-0.3, -0.25) is 4.79 Å². The third-order valence-corrected chi connectivity index (χ3v) is 6.74. The highest BCUT2D eigenvalue weighted by molar-refractivity contribution is 5.73. The van der Waals surface area contributed by atoms with Gasteiger partial charge in [0.15, 0.2) is 6.29 Å². The van der Waals surface area contributed by atoms with Crippen LogP contribution in [0.15, 0.2) is 30.3 Å². The molecule has 0 unspecified atom stereocenters. The first-order chi connectivity index (χ1) is 14.6. The number of hydrogen-bond donors (Lipinski definition) is 1. The van der Waals surface area contributed by atoms with Gasteiger partial charge in [-0.05, 0) is 91.2 Å². The van der Waals surface area contributed by atoms with E-state index >= 15 is 0 Å². The molecule has 4 rings (SSSR count). The Hall–Kier alpha value is -2.17. The van der Waals surface area contributed by atoms with E-state index in [-0.39, 0.29) is 11.9 Å². The molecule has 1 N–H and O–H groups in total. The summed E-state index contributed by atoms with van der Waals surface area (Å²) in [6.07, 6.45) is 8.21. The number of fused-ring (bicyclic) bond motifs is 2. The molecule has 0 spiro atoms. The molecule has 0 saturated heterocycles. The van der Waals surface area contributed by atoms with Gasteiger partial charge in [0.1, 0.15) is 0 Å². The molecule has 0 amide bonds. The molecule has 0 fully saturated rings. The molecule has 0 heterocycles. The molecule has 2 aliphatic rings. The van der Waals surface area contributed by atoms with Crippen LogP contribution >= 0.6 is 0 Å². The number of ether oxygens (including phenoxy) is 2. The van der Waals surface area contributed by atoms with E-state index in [1.165, 1.54) is 54.9 Å². The van der Waals surface area contributed by atoms with Gasteiger partial charge in [0.25, 0.3) is 0 Å². The van der Waals surface area contributed by atoms with Crippen molar-refractivity contribution in [3.8, 4) is 0 Å². The zero-order chi connectivity index (χ0) is 21.1. The average Bonchev–Trinajstić information content (AvgIpc) is 3.24. The van der Waals surface area contributed by atoms with Crippen LogP contribution in [-0.4, -0.2) is 25.3 Å². The fourth-order valence-corrected chi connectivity index (χ4v) is 5.10. The van der Waals surface area contributed by atoms with Crippen molar-refractivity contribution in [2.45, 2.75) is 64.1 Å². The summed E-state index contributed by atoms with van der Waals surface area (Å²) in [7, 11) is 2.96. The number of esters is 1. The van der Waals surface area contributed by atoms with Crippen LogP contribution in [0, 0.1) is 5.92 Å². The fourth-order valence-electron chi connectivity index (χ4n) is 5.10. The van der Waals surface area contributed by atoms with Crippen molar-refractivity contribution in [2.75, 3.05) is 14.2 Å². The smallest absolute Gasteiger partial charge is 0.309 e. The van der Waals surface area contributed by atoms with E-state index in [1.807, 2.05) is 0 Å². The first-order valence-corrected chi connectivity index (χ1v) is 11.1. The molecular formula is C26H32O4. The van der Waals surface area contributed by atoms with Crippen molar-refractivity contribution in [1.29, 1.82) is 0 Å². The standard InChI is InChI=1S/C26H32O4/c1-29-25(27)23(13-17-10-11-18-6-3-4-7-19(18)12-17)15-22-14-20-8-5-9-21(20)16-24(22)26(28)30-2/h10-12,14,16,23,26,28H,3-9,13,15H2,1-2H3/t23-,26-/m1/s1. The zero-order valence-corrected chi connectivity index (χ0v) is 18.1. The molecule has 2 aromatic rings. The van der Waals surface area contributed by atoms with E-state index in [2.05, 4.69) is 30.3 Å². The molecule has 4 heteroatoms. The van der Waals surface area contributed by atoms with Gasteiger partial charge in [0.05, 0.1) is 13.0 Å². The number of hydrogen-bond acceptors (Lipinski definition) is 4. The van der Waals surface area contributed by atoms with Crippen LogP contribution in [0.3, 0.4) is 0 Å². The maximum atomic E-state index is 12.7. The third kappa shape index (κ3) is 4.45. The minimum absolute atomic E-state index is 0.203. The summed E-state index contributed by atoms with van der Waals surface area (Å²) in [6, 6.07) is 10.9. The number of methoxy groups -OCH3 is 2. The number of carbonyl (C=O) groups excluding carboxylic acids is 1. The Morgan fingerprint density at radius 2 is 1.57 bits per heavy atom. The van der Waals surface area contributed by atoms with Gasteiger partial charge in [0, 0.05) is 12.7 Å². The average molecular weight is 409 g/mol. The van der Waals surface area contributed by atoms with Crippen LogP contribution in [-0.2, 0) is 52.8 Å². The van der Waals surface area contributed by atoms with Crippen molar-refractivity contribution in [3.05, 3.63) is 69.3 Å². The maximum absolute atomic E-state index is 12.7. The molecule has 2 aliphatic carbocycles. The van der Waals surface area contributed by atoms with Crippen LogP contribution < -0.4 is 0 Å². The van der Waals surface area contributed by atoms with Gasteiger partial charge >= 0.3 is 5.97 Å². The van der Waals surface area contributed by atoms with E-state index in [0.29, 0.717) is 12.8 Å². The van der Waals surface area contributed by atoms with E-state index < -0.39 is 6.29 Å². The van der Waals surface area contributed by atoms with Crippen LogP contribution in [0.2, 0.25) is 0 Å². The highest BCUT2D eigenvalue weighted by atomic mass is 16.6. The van der Waals surface area contributed by atoms with Crippen LogP contribution in [0.4, 0.5) is 0 Å². The lowest BCUT2D eigenvalue weighted by Crippen LogP contribution is -2.22. The Kier molecular flexibility index (Phi) is 6.55. The van der Waals surface area contributed by atoms with E-state index in [4.69, 9.17) is 9.47 Å². The van der Waals surface area contributed by atoms with E-state index in [1.54, 1.807) is 0 Å². The van der Waals surface area contributed by atoms with Gasteiger partial charge in [0.2, 0.25) is 0 Å². The summed E-state index contributed by atoms with van der Waals surface area (Å²) in [5.41, 5.74) is 8.43. The molecule has 0 bridgehead atoms. The van der Waals surface area contributed by atoms with Gasteiger partial charge in [-0.15, -0.1) is 0 Å². The molecular weight excluding hydrogens is 376 g/mol. The first kappa shape index (κ1) is 21.1. The largest absolute Gasteiger partial charge is 0.469 e. The van der Waals surface area contributed by atoms with Crippen molar-refractivity contribution in [3.63, 3.8) is 0 Å². The minimum atomic E-state index is -0.979. The van der Waals surface area contributed by atoms with Crippen molar-refractivity contribution in [2.24, 2.45) is 5.92 Å². The third-order valence-electron chi connectivity index (χ3n) is 6.74. The molecule has 160 valence electrons. The van der Waals surface area contributed by atoms with Crippen LogP contribution in [0.1, 0.15) is 64.5 Å². The Bertz CT molecular complexity index is 917. The lowest BCUT2D eigenvalue weighted by molar-refractivity contribution is -0.145. The Morgan fingerprint density at radius 3 is 2.30 bits per heavy atom. The highest BCUT2D eigenvalue weighted by Crippen LogP contribution is 2.32. The highest BCUT2D eigenvalue weighted by Gasteiger charge is 2.26. The second-order valence-electron chi connectivity index (χ2n) is 8.70. The molecule has 30 heavy (non-hydrogen) atoms. The summed E-state index contributed by atoms with van der Waals surface area (Å²) < 4.78 is 10.4. The Labute approximate surface area is 179 Å². The van der Waals surface area contributed by atoms with Crippen molar-refractivity contribution < 1.29 is 19.4 Å². The summed E-state index contributed by atoms with van der Waals surface area (Å²) >= 11 is 0.